The average Bonchev–Trinajstić information content (AvgIpc) is 3.04. The first-order chi connectivity index (χ1) is 10.5. The van der Waals surface area contributed by atoms with E-state index in [1.165, 1.54) is 7.11 Å². The second-order valence-electron chi connectivity index (χ2n) is 5.38. The normalized spacial score (nSPS) is 19.6. The van der Waals surface area contributed by atoms with Crippen molar-refractivity contribution in [2.45, 2.75) is 38.3 Å². The number of ether oxygens (including phenoxy) is 1. The summed E-state index contributed by atoms with van der Waals surface area (Å²) in [6, 6.07) is 9.57. The number of carbonyl (C=O) groups is 2. The summed E-state index contributed by atoms with van der Waals surface area (Å²) in [6.07, 6.45) is 0.520. The number of rotatable bonds is 5. The second-order valence-corrected chi connectivity index (χ2v) is 5.38. The Hall–Kier alpha value is -2.37. The SMILES string of the molecule is CCC(C)(NC(=O)C1=NOC(c2ccccc2)C1)C(=O)OC. The highest BCUT2D eigenvalue weighted by Crippen LogP contribution is 2.27. The lowest BCUT2D eigenvalue weighted by Crippen LogP contribution is -2.54. The monoisotopic (exact) mass is 304 g/mol. The van der Waals surface area contributed by atoms with Crippen LogP contribution in [0.3, 0.4) is 0 Å². The minimum atomic E-state index is -1.07. The van der Waals surface area contributed by atoms with Crippen LogP contribution in [0.5, 0.6) is 0 Å². The Morgan fingerprint density at radius 1 is 1.41 bits per heavy atom. The highest BCUT2D eigenvalue weighted by molar-refractivity contribution is 6.39. The van der Waals surface area contributed by atoms with Gasteiger partial charge in [0.15, 0.2) is 6.10 Å². The van der Waals surface area contributed by atoms with Crippen LogP contribution in [-0.4, -0.2) is 30.2 Å². The largest absolute Gasteiger partial charge is 0.467 e. The molecule has 6 nitrogen and oxygen atoms in total. The van der Waals surface area contributed by atoms with Crippen molar-refractivity contribution in [1.29, 1.82) is 0 Å². The highest BCUT2D eigenvalue weighted by Gasteiger charge is 2.37. The number of oxime groups is 1. The van der Waals surface area contributed by atoms with Crippen molar-refractivity contribution < 1.29 is 19.2 Å². The van der Waals surface area contributed by atoms with E-state index in [1.807, 2.05) is 30.3 Å². The zero-order valence-corrected chi connectivity index (χ0v) is 13.0. The van der Waals surface area contributed by atoms with E-state index in [0.717, 1.165) is 5.56 Å². The lowest BCUT2D eigenvalue weighted by atomic mass is 9.98. The zero-order chi connectivity index (χ0) is 16.2. The first-order valence-corrected chi connectivity index (χ1v) is 7.18. The predicted molar refractivity (Wildman–Crippen MR) is 81.2 cm³/mol. The molecule has 6 heteroatoms. The van der Waals surface area contributed by atoms with Crippen LogP contribution in [0.4, 0.5) is 0 Å². The molecule has 0 spiro atoms. The summed E-state index contributed by atoms with van der Waals surface area (Å²) in [5.74, 6) is -0.893. The van der Waals surface area contributed by atoms with Crippen molar-refractivity contribution in [3.63, 3.8) is 0 Å². The van der Waals surface area contributed by atoms with Gasteiger partial charge in [-0.3, -0.25) is 4.79 Å². The van der Waals surface area contributed by atoms with Crippen LogP contribution >= 0.6 is 0 Å². The molecule has 1 aromatic carbocycles. The molecule has 1 aromatic rings. The molecule has 0 aromatic heterocycles. The van der Waals surface area contributed by atoms with E-state index in [2.05, 4.69) is 10.5 Å². The van der Waals surface area contributed by atoms with Crippen molar-refractivity contribution in [3.05, 3.63) is 35.9 Å². The van der Waals surface area contributed by atoms with Crippen molar-refractivity contribution in [2.24, 2.45) is 5.16 Å². The van der Waals surface area contributed by atoms with Crippen LogP contribution in [-0.2, 0) is 19.2 Å². The molecule has 0 bridgehead atoms. The van der Waals surface area contributed by atoms with Gasteiger partial charge in [-0.2, -0.15) is 0 Å². The van der Waals surface area contributed by atoms with E-state index in [1.54, 1.807) is 13.8 Å². The summed E-state index contributed by atoms with van der Waals surface area (Å²) < 4.78 is 4.74. The maximum absolute atomic E-state index is 12.3. The molecule has 0 radical (unpaired) electrons. The van der Waals surface area contributed by atoms with Crippen LogP contribution in [0.25, 0.3) is 0 Å². The first kappa shape index (κ1) is 16.0. The van der Waals surface area contributed by atoms with E-state index in [0.29, 0.717) is 12.8 Å². The lowest BCUT2D eigenvalue weighted by Gasteiger charge is -2.26. The van der Waals surface area contributed by atoms with Crippen LogP contribution in [0, 0.1) is 0 Å². The Bertz CT molecular complexity index is 585. The Morgan fingerprint density at radius 2 is 2.09 bits per heavy atom. The number of hydrogen-bond acceptors (Lipinski definition) is 5. The molecule has 22 heavy (non-hydrogen) atoms. The van der Waals surface area contributed by atoms with Gasteiger partial charge < -0.3 is 14.9 Å². The Kier molecular flexibility index (Phi) is 4.80. The van der Waals surface area contributed by atoms with Crippen LogP contribution in [0.1, 0.15) is 38.4 Å². The van der Waals surface area contributed by atoms with Gasteiger partial charge in [0.05, 0.1) is 7.11 Å². The summed E-state index contributed by atoms with van der Waals surface area (Å²) in [5.41, 5.74) is 0.164. The fraction of sp³-hybridized carbons (Fsp3) is 0.438. The molecule has 0 fully saturated rings. The maximum atomic E-state index is 12.3. The minimum absolute atomic E-state index is 0.270. The molecule has 0 saturated carbocycles. The molecule has 1 amide bonds. The molecule has 1 N–H and O–H groups in total. The summed E-state index contributed by atoms with van der Waals surface area (Å²) in [4.78, 5) is 29.4. The molecule has 118 valence electrons. The smallest absolute Gasteiger partial charge is 0.331 e. The third-order valence-corrected chi connectivity index (χ3v) is 3.83. The molecule has 2 unspecified atom stereocenters. The molecule has 1 aliphatic heterocycles. The van der Waals surface area contributed by atoms with E-state index >= 15 is 0 Å². The number of amides is 1. The summed E-state index contributed by atoms with van der Waals surface area (Å²) in [6.45, 7) is 3.43. The average molecular weight is 304 g/mol. The van der Waals surface area contributed by atoms with Gasteiger partial charge in [0.2, 0.25) is 0 Å². The van der Waals surface area contributed by atoms with Gasteiger partial charge in [-0.05, 0) is 18.9 Å². The van der Waals surface area contributed by atoms with E-state index in [-0.39, 0.29) is 11.8 Å². The van der Waals surface area contributed by atoms with Crippen molar-refractivity contribution in [1.82, 2.24) is 5.32 Å². The summed E-state index contributed by atoms with van der Waals surface area (Å²) >= 11 is 0. The van der Waals surface area contributed by atoms with Crippen LogP contribution < -0.4 is 5.32 Å². The van der Waals surface area contributed by atoms with Gasteiger partial charge in [-0.15, -0.1) is 0 Å². The summed E-state index contributed by atoms with van der Waals surface area (Å²) in [5, 5.41) is 6.53. The minimum Gasteiger partial charge on any atom is -0.467 e. The molecule has 1 heterocycles. The third-order valence-electron chi connectivity index (χ3n) is 3.83. The molecule has 1 aliphatic rings. The third kappa shape index (κ3) is 3.27. The quantitative estimate of drug-likeness (QED) is 0.844. The second kappa shape index (κ2) is 6.60. The number of benzene rings is 1. The fourth-order valence-corrected chi connectivity index (χ4v) is 2.19. The van der Waals surface area contributed by atoms with Crippen molar-refractivity contribution in [3.8, 4) is 0 Å². The molecule has 0 saturated heterocycles. The van der Waals surface area contributed by atoms with Gasteiger partial charge in [0, 0.05) is 6.42 Å². The van der Waals surface area contributed by atoms with Crippen molar-refractivity contribution in [2.75, 3.05) is 7.11 Å². The fourth-order valence-electron chi connectivity index (χ4n) is 2.19. The Labute approximate surface area is 129 Å². The van der Waals surface area contributed by atoms with E-state index in [9.17, 15) is 9.59 Å². The molecule has 2 rings (SSSR count). The van der Waals surface area contributed by atoms with Gasteiger partial charge in [0.25, 0.3) is 5.91 Å². The molecular formula is C16H20N2O4. The van der Waals surface area contributed by atoms with E-state index < -0.39 is 17.4 Å². The number of nitrogens with zero attached hydrogens (tertiary/aromatic N) is 1. The topological polar surface area (TPSA) is 77.0 Å². The number of nitrogens with one attached hydrogen (secondary N) is 1. The van der Waals surface area contributed by atoms with Crippen LogP contribution in [0.15, 0.2) is 35.5 Å². The van der Waals surface area contributed by atoms with Gasteiger partial charge >= 0.3 is 5.97 Å². The molecule has 0 aliphatic carbocycles. The number of methoxy groups -OCH3 is 1. The highest BCUT2D eigenvalue weighted by atomic mass is 16.6. The standard InChI is InChI=1S/C16H20N2O4/c1-4-16(2,15(20)21-3)17-14(19)12-10-13(22-18-12)11-8-6-5-7-9-11/h5-9,13H,4,10H2,1-3H3,(H,17,19). The number of hydrogen-bond donors (Lipinski definition) is 1. The van der Waals surface area contributed by atoms with Crippen LogP contribution in [0.2, 0.25) is 0 Å². The van der Waals surface area contributed by atoms with Crippen molar-refractivity contribution >= 4 is 17.6 Å². The zero-order valence-electron chi connectivity index (χ0n) is 13.0. The Morgan fingerprint density at radius 3 is 2.68 bits per heavy atom. The predicted octanol–water partition coefficient (Wildman–Crippen LogP) is 1.96. The maximum Gasteiger partial charge on any atom is 0.331 e. The summed E-state index contributed by atoms with van der Waals surface area (Å²) in [7, 11) is 1.30. The molecule has 2 atom stereocenters. The van der Waals surface area contributed by atoms with Gasteiger partial charge in [-0.25, -0.2) is 4.79 Å². The van der Waals surface area contributed by atoms with E-state index in [4.69, 9.17) is 9.57 Å². The van der Waals surface area contributed by atoms with Gasteiger partial charge in [0.1, 0.15) is 11.3 Å². The molecular weight excluding hydrogens is 284 g/mol. The lowest BCUT2D eigenvalue weighted by molar-refractivity contribution is -0.149. The number of carbonyl (C=O) groups excluding carboxylic acids is 2. The Balaban J connectivity index is 2.01. The first-order valence-electron chi connectivity index (χ1n) is 7.18. The number of esters is 1. The van der Waals surface area contributed by atoms with Gasteiger partial charge in [-0.1, -0.05) is 42.4 Å².